The van der Waals surface area contributed by atoms with E-state index in [4.69, 9.17) is 5.73 Å². The van der Waals surface area contributed by atoms with E-state index in [1.165, 1.54) is 18.2 Å². The third-order valence-corrected chi connectivity index (χ3v) is 2.54. The molecule has 19 heavy (non-hydrogen) atoms. The van der Waals surface area contributed by atoms with Crippen LogP contribution >= 0.6 is 0 Å². The molecule has 0 spiro atoms. The number of aryl methyl sites for hydroxylation is 1. The van der Waals surface area contributed by atoms with Crippen molar-refractivity contribution in [3.63, 3.8) is 0 Å². The van der Waals surface area contributed by atoms with Gasteiger partial charge in [-0.05, 0) is 36.2 Å². The van der Waals surface area contributed by atoms with Crippen molar-refractivity contribution in [1.29, 1.82) is 0 Å². The van der Waals surface area contributed by atoms with E-state index in [2.05, 4.69) is 9.72 Å². The summed E-state index contributed by atoms with van der Waals surface area (Å²) in [4.78, 5) is 3.94. The lowest BCUT2D eigenvalue weighted by Crippen LogP contribution is -2.17. The fourth-order valence-electron chi connectivity index (χ4n) is 1.80. The fourth-order valence-corrected chi connectivity index (χ4v) is 1.80. The molecule has 0 saturated heterocycles. The Hall–Kier alpha value is -2.24. The molecule has 0 amide bonds. The topological polar surface area (TPSA) is 48.1 Å². The first kappa shape index (κ1) is 13.2. The van der Waals surface area contributed by atoms with E-state index in [0.717, 1.165) is 5.56 Å². The number of ether oxygens (including phenoxy) is 1. The molecule has 1 aromatic carbocycles. The molecule has 1 heterocycles. The molecule has 2 rings (SSSR count). The predicted octanol–water partition coefficient (Wildman–Crippen LogP) is 3.54. The van der Waals surface area contributed by atoms with E-state index >= 15 is 0 Å². The predicted molar refractivity (Wildman–Crippen MR) is 65.5 cm³/mol. The quantitative estimate of drug-likeness (QED) is 0.906. The highest BCUT2D eigenvalue weighted by molar-refractivity contribution is 5.77. The summed E-state index contributed by atoms with van der Waals surface area (Å²) in [6.07, 6.45) is -3.17. The number of hydrogen-bond acceptors (Lipinski definition) is 3. The molecule has 100 valence electrons. The summed E-state index contributed by atoms with van der Waals surface area (Å²) in [5, 5.41) is 0. The minimum absolute atomic E-state index is 0.268. The summed E-state index contributed by atoms with van der Waals surface area (Å²) in [5.41, 5.74) is 7.73. The Kier molecular flexibility index (Phi) is 3.33. The van der Waals surface area contributed by atoms with Crippen LogP contribution in [0.2, 0.25) is 0 Å². The van der Waals surface area contributed by atoms with Gasteiger partial charge in [0, 0.05) is 11.8 Å². The number of nitrogen functional groups attached to an aromatic ring is 1. The lowest BCUT2D eigenvalue weighted by atomic mass is 10.0. The largest absolute Gasteiger partial charge is 0.573 e. The molecule has 3 nitrogen and oxygen atoms in total. The second kappa shape index (κ2) is 4.79. The molecule has 1 aromatic heterocycles. The molecule has 0 aliphatic carbocycles. The van der Waals surface area contributed by atoms with E-state index in [1.54, 1.807) is 18.3 Å². The van der Waals surface area contributed by atoms with Crippen molar-refractivity contribution in [2.24, 2.45) is 0 Å². The highest BCUT2D eigenvalue weighted by Crippen LogP contribution is 2.31. The van der Waals surface area contributed by atoms with Crippen LogP contribution < -0.4 is 10.5 Å². The first-order valence-electron chi connectivity index (χ1n) is 5.44. The molecule has 2 aromatic rings. The van der Waals surface area contributed by atoms with E-state index in [-0.39, 0.29) is 11.6 Å². The molecule has 0 bridgehead atoms. The number of benzene rings is 1. The maximum Gasteiger partial charge on any atom is 0.573 e. The maximum absolute atomic E-state index is 12.2. The Morgan fingerprint density at radius 3 is 2.58 bits per heavy atom. The second-order valence-corrected chi connectivity index (χ2v) is 3.96. The van der Waals surface area contributed by atoms with E-state index in [9.17, 15) is 13.2 Å². The highest BCUT2D eigenvalue weighted by atomic mass is 19.4. The summed E-state index contributed by atoms with van der Waals surface area (Å²) in [6.45, 7) is 1.81. The number of nitrogens with two attached hydrogens (primary N) is 1. The van der Waals surface area contributed by atoms with Gasteiger partial charge in [-0.15, -0.1) is 13.2 Å². The zero-order chi connectivity index (χ0) is 14.0. The van der Waals surface area contributed by atoms with Crippen molar-refractivity contribution in [3.8, 4) is 16.9 Å². The molecule has 0 radical (unpaired) electrons. The van der Waals surface area contributed by atoms with Crippen LogP contribution in [0.25, 0.3) is 11.1 Å². The Bertz CT molecular complexity index is 576. The standard InChI is InChI=1S/C13H11F3N2O/c1-8-5-6-18-12(17)11(8)9-3-2-4-10(7-9)19-13(14,15)16/h2-7H,1H3,(H2,17,18). The van der Waals surface area contributed by atoms with Gasteiger partial charge < -0.3 is 10.5 Å². The summed E-state index contributed by atoms with van der Waals surface area (Å²) in [6, 6.07) is 7.39. The van der Waals surface area contributed by atoms with E-state index < -0.39 is 6.36 Å². The van der Waals surface area contributed by atoms with Crippen molar-refractivity contribution in [2.75, 3.05) is 5.73 Å². The van der Waals surface area contributed by atoms with Crippen molar-refractivity contribution in [3.05, 3.63) is 42.1 Å². The van der Waals surface area contributed by atoms with Gasteiger partial charge in [0.1, 0.15) is 11.6 Å². The van der Waals surface area contributed by atoms with Gasteiger partial charge in [0.2, 0.25) is 0 Å². The fraction of sp³-hybridized carbons (Fsp3) is 0.154. The van der Waals surface area contributed by atoms with Crippen LogP contribution in [-0.2, 0) is 0 Å². The van der Waals surface area contributed by atoms with Crippen LogP contribution in [0.5, 0.6) is 5.75 Å². The van der Waals surface area contributed by atoms with Gasteiger partial charge in [-0.25, -0.2) is 4.98 Å². The molecule has 0 fully saturated rings. The third kappa shape index (κ3) is 3.15. The second-order valence-electron chi connectivity index (χ2n) is 3.96. The van der Waals surface area contributed by atoms with Crippen LogP contribution in [-0.4, -0.2) is 11.3 Å². The maximum atomic E-state index is 12.2. The van der Waals surface area contributed by atoms with Crippen LogP contribution in [0.15, 0.2) is 36.5 Å². The Balaban J connectivity index is 2.44. The Morgan fingerprint density at radius 1 is 1.21 bits per heavy atom. The number of halogens is 3. The minimum Gasteiger partial charge on any atom is -0.406 e. The minimum atomic E-state index is -4.71. The number of rotatable bonds is 2. The van der Waals surface area contributed by atoms with Crippen molar-refractivity contribution < 1.29 is 17.9 Å². The molecule has 0 saturated carbocycles. The molecular weight excluding hydrogens is 257 g/mol. The molecule has 6 heteroatoms. The Labute approximate surface area is 107 Å². The number of pyridine rings is 1. The van der Waals surface area contributed by atoms with Crippen molar-refractivity contribution in [1.82, 2.24) is 4.98 Å². The first-order valence-corrected chi connectivity index (χ1v) is 5.44. The average molecular weight is 268 g/mol. The number of hydrogen-bond donors (Lipinski definition) is 1. The lowest BCUT2D eigenvalue weighted by Gasteiger charge is -2.12. The van der Waals surface area contributed by atoms with Gasteiger partial charge in [-0.3, -0.25) is 0 Å². The summed E-state index contributed by atoms with van der Waals surface area (Å²) in [5.74, 6) is -0.0168. The molecule has 0 unspecified atom stereocenters. The zero-order valence-electron chi connectivity index (χ0n) is 10.0. The van der Waals surface area contributed by atoms with Gasteiger partial charge in [0.25, 0.3) is 0 Å². The molecular formula is C13H11F3N2O. The van der Waals surface area contributed by atoms with Crippen LogP contribution in [0, 0.1) is 6.92 Å². The van der Waals surface area contributed by atoms with Gasteiger partial charge in [0.15, 0.2) is 0 Å². The molecule has 0 aliphatic rings. The summed E-state index contributed by atoms with van der Waals surface area (Å²) in [7, 11) is 0. The number of nitrogens with zero attached hydrogens (tertiary/aromatic N) is 1. The van der Waals surface area contributed by atoms with Gasteiger partial charge >= 0.3 is 6.36 Å². The smallest absolute Gasteiger partial charge is 0.406 e. The molecule has 0 atom stereocenters. The van der Waals surface area contributed by atoms with Crippen molar-refractivity contribution in [2.45, 2.75) is 13.3 Å². The first-order chi connectivity index (χ1) is 8.87. The van der Waals surface area contributed by atoms with Gasteiger partial charge in [-0.1, -0.05) is 12.1 Å². The normalized spacial score (nSPS) is 11.4. The summed E-state index contributed by atoms with van der Waals surface area (Å²) < 4.78 is 40.4. The van der Waals surface area contributed by atoms with Gasteiger partial charge in [-0.2, -0.15) is 0 Å². The average Bonchev–Trinajstić information content (AvgIpc) is 2.26. The third-order valence-electron chi connectivity index (χ3n) is 2.54. The van der Waals surface area contributed by atoms with E-state index in [0.29, 0.717) is 11.1 Å². The molecule has 2 N–H and O–H groups in total. The number of aromatic nitrogens is 1. The lowest BCUT2D eigenvalue weighted by molar-refractivity contribution is -0.274. The number of alkyl halides is 3. The number of anilines is 1. The zero-order valence-corrected chi connectivity index (χ0v) is 10.0. The monoisotopic (exact) mass is 268 g/mol. The highest BCUT2D eigenvalue weighted by Gasteiger charge is 2.31. The van der Waals surface area contributed by atoms with Crippen LogP contribution in [0.4, 0.5) is 19.0 Å². The Morgan fingerprint density at radius 2 is 1.95 bits per heavy atom. The van der Waals surface area contributed by atoms with E-state index in [1.807, 2.05) is 6.92 Å². The van der Waals surface area contributed by atoms with Gasteiger partial charge in [0.05, 0.1) is 0 Å². The van der Waals surface area contributed by atoms with Crippen LogP contribution in [0.3, 0.4) is 0 Å². The van der Waals surface area contributed by atoms with Crippen LogP contribution in [0.1, 0.15) is 5.56 Å². The SMILES string of the molecule is Cc1ccnc(N)c1-c1cccc(OC(F)(F)F)c1. The molecule has 0 aliphatic heterocycles. The van der Waals surface area contributed by atoms with Crippen molar-refractivity contribution >= 4 is 5.82 Å². The summed E-state index contributed by atoms with van der Waals surface area (Å²) >= 11 is 0.